The number of hydrogen-bond acceptors (Lipinski definition) is 15. The fourth-order valence-corrected chi connectivity index (χ4v) is 13.8. The Kier molecular flexibility index (Phi) is 67.8. The van der Waals surface area contributed by atoms with E-state index in [0.29, 0.717) is 25.7 Å². The highest BCUT2D eigenvalue weighted by Gasteiger charge is 2.30. The number of phosphoric ester groups is 2. The molecule has 19 heteroatoms. The number of esters is 4. The van der Waals surface area contributed by atoms with Crippen molar-refractivity contribution in [3.05, 3.63) is 0 Å². The smallest absolute Gasteiger partial charge is 0.462 e. The second kappa shape index (κ2) is 69.1. The van der Waals surface area contributed by atoms with Gasteiger partial charge < -0.3 is 33.8 Å². The fraction of sp³-hybridized carbons (Fsp3) is 0.950. The molecule has 0 bridgehead atoms. The average Bonchev–Trinajstić information content (AvgIpc) is 0.935. The van der Waals surface area contributed by atoms with E-state index in [0.717, 1.165) is 114 Å². The zero-order valence-electron chi connectivity index (χ0n) is 65.1. The molecule has 0 aliphatic heterocycles. The topological polar surface area (TPSA) is 237 Å². The van der Waals surface area contributed by atoms with Crippen molar-refractivity contribution >= 4 is 39.5 Å². The monoisotopic (exact) mass is 1450 g/mol. The number of phosphoric acid groups is 2. The summed E-state index contributed by atoms with van der Waals surface area (Å²) < 4.78 is 68.7. The molecule has 0 aliphatic carbocycles. The minimum Gasteiger partial charge on any atom is -0.462 e. The number of unbranched alkanes of at least 4 members (excludes halogenated alkanes) is 43. The molecule has 0 heterocycles. The van der Waals surface area contributed by atoms with Crippen LogP contribution in [0.15, 0.2) is 0 Å². The van der Waals surface area contributed by atoms with Crippen LogP contribution in [-0.2, 0) is 65.4 Å². The zero-order chi connectivity index (χ0) is 73.1. The maximum Gasteiger partial charge on any atom is 0.472 e. The standard InChI is InChI=1S/C80H156O17P2/c1-70(2)56-48-40-32-24-17-13-10-9-11-15-20-29-38-46-54-62-79(84)96-75(66-90-77(82)60-52-44-36-28-19-16-12-14-18-25-33-41-49-57-71(3)4)68-94-98(86,87)92-64-74(81)65-93-99(88,89)95-69-76(67-91-78(83)61-53-45-37-31-23-27-35-43-51-59-73(7)8)97-80(85)63-55-47-39-30-22-21-26-34-42-50-58-72(5)6/h70-76,81H,9-69H2,1-8H3,(H,86,87)(H,88,89)/t74-,75-,76-/m1/s1. The van der Waals surface area contributed by atoms with Gasteiger partial charge in [-0.25, -0.2) is 9.13 Å². The minimum absolute atomic E-state index is 0.105. The number of hydrogen-bond donors (Lipinski definition) is 3. The summed E-state index contributed by atoms with van der Waals surface area (Å²) >= 11 is 0. The average molecular weight is 1450 g/mol. The number of rotatable bonds is 77. The molecule has 0 fully saturated rings. The van der Waals surface area contributed by atoms with Crippen LogP contribution in [-0.4, -0.2) is 96.7 Å². The van der Waals surface area contributed by atoms with E-state index in [-0.39, 0.29) is 25.7 Å². The first-order chi connectivity index (χ1) is 47.6. The maximum atomic E-state index is 13.1. The van der Waals surface area contributed by atoms with Crippen LogP contribution in [0.1, 0.15) is 409 Å². The molecule has 0 rings (SSSR count). The Balaban J connectivity index is 5.26. The molecule has 0 saturated heterocycles. The van der Waals surface area contributed by atoms with Gasteiger partial charge in [-0.1, -0.05) is 357 Å². The molecule has 17 nitrogen and oxygen atoms in total. The van der Waals surface area contributed by atoms with E-state index >= 15 is 0 Å². The van der Waals surface area contributed by atoms with Crippen LogP contribution in [0.25, 0.3) is 0 Å². The Bertz CT molecular complexity index is 1940. The molecule has 0 radical (unpaired) electrons. The predicted octanol–water partition coefficient (Wildman–Crippen LogP) is 23.6. The van der Waals surface area contributed by atoms with E-state index in [9.17, 15) is 43.2 Å². The van der Waals surface area contributed by atoms with Crippen LogP contribution in [0, 0.1) is 23.7 Å². The molecule has 5 atom stereocenters. The second-order valence-electron chi connectivity index (χ2n) is 30.7. The van der Waals surface area contributed by atoms with Gasteiger partial charge in [-0.15, -0.1) is 0 Å². The first kappa shape index (κ1) is 97.1. The lowest BCUT2D eigenvalue weighted by Crippen LogP contribution is -2.30. The SMILES string of the molecule is CC(C)CCCCCCCCCCCCCCCCCC(=O)O[C@H](COC(=O)CCCCCCCCCCCCCCCC(C)C)COP(=O)(O)OC[C@@H](O)COP(=O)(O)OC[C@@H](COC(=O)CCCCCCCCCCCC(C)C)OC(=O)CCCCCCCCCCCCC(C)C. The van der Waals surface area contributed by atoms with Crippen LogP contribution in [0.3, 0.4) is 0 Å². The first-order valence-corrected chi connectivity index (χ1v) is 44.2. The molecule has 99 heavy (non-hydrogen) atoms. The Morgan fingerprint density at radius 2 is 0.424 bits per heavy atom. The Morgan fingerprint density at radius 3 is 0.626 bits per heavy atom. The third-order valence-corrected chi connectivity index (χ3v) is 20.5. The molecule has 0 aromatic heterocycles. The molecule has 0 aromatic carbocycles. The molecule has 0 amide bonds. The first-order valence-electron chi connectivity index (χ1n) is 41.2. The summed E-state index contributed by atoms with van der Waals surface area (Å²) in [4.78, 5) is 73.0. The number of aliphatic hydroxyl groups excluding tert-OH is 1. The van der Waals surface area contributed by atoms with Crippen LogP contribution >= 0.6 is 15.6 Å². The highest BCUT2D eigenvalue weighted by atomic mass is 31.2. The van der Waals surface area contributed by atoms with E-state index in [1.165, 1.54) is 212 Å². The van der Waals surface area contributed by atoms with E-state index < -0.39 is 97.5 Å². The summed E-state index contributed by atoms with van der Waals surface area (Å²) in [5.74, 6) is 0.975. The molecule has 0 aromatic rings. The normalized spacial score (nSPS) is 14.1. The second-order valence-corrected chi connectivity index (χ2v) is 33.6. The van der Waals surface area contributed by atoms with E-state index in [2.05, 4.69) is 55.4 Å². The van der Waals surface area contributed by atoms with Gasteiger partial charge in [0.25, 0.3) is 0 Å². The van der Waals surface area contributed by atoms with Gasteiger partial charge in [0.05, 0.1) is 26.4 Å². The Morgan fingerprint density at radius 1 is 0.253 bits per heavy atom. The molecule has 0 aliphatic rings. The fourth-order valence-electron chi connectivity index (χ4n) is 12.3. The highest BCUT2D eigenvalue weighted by Crippen LogP contribution is 2.45. The predicted molar refractivity (Wildman–Crippen MR) is 404 cm³/mol. The lowest BCUT2D eigenvalue weighted by atomic mass is 10.0. The van der Waals surface area contributed by atoms with Crippen molar-refractivity contribution in [2.45, 2.75) is 427 Å². The van der Waals surface area contributed by atoms with E-state index in [1.807, 2.05) is 0 Å². The van der Waals surface area contributed by atoms with Gasteiger partial charge in [0, 0.05) is 25.7 Å². The van der Waals surface area contributed by atoms with Gasteiger partial charge in [-0.2, -0.15) is 0 Å². The minimum atomic E-state index is -4.96. The van der Waals surface area contributed by atoms with Gasteiger partial charge in [-0.3, -0.25) is 37.3 Å². The van der Waals surface area contributed by atoms with Crippen LogP contribution < -0.4 is 0 Å². The summed E-state index contributed by atoms with van der Waals surface area (Å²) in [7, 11) is -9.92. The zero-order valence-corrected chi connectivity index (χ0v) is 66.9. The summed E-state index contributed by atoms with van der Waals surface area (Å²) in [5, 5.41) is 10.6. The van der Waals surface area contributed by atoms with Gasteiger partial charge in [0.2, 0.25) is 0 Å². The van der Waals surface area contributed by atoms with Crippen molar-refractivity contribution in [2.75, 3.05) is 39.6 Å². The van der Waals surface area contributed by atoms with Crippen molar-refractivity contribution in [1.29, 1.82) is 0 Å². The quantitative estimate of drug-likeness (QED) is 0.0222. The number of ether oxygens (including phenoxy) is 4. The van der Waals surface area contributed by atoms with E-state index in [4.69, 9.17) is 37.0 Å². The van der Waals surface area contributed by atoms with Crippen LogP contribution in [0.2, 0.25) is 0 Å². The third-order valence-electron chi connectivity index (χ3n) is 18.6. The summed E-state index contributed by atoms with van der Waals surface area (Å²) in [5.41, 5.74) is 0. The summed E-state index contributed by atoms with van der Waals surface area (Å²) in [6.07, 6.45) is 55.4. The Labute approximate surface area is 607 Å². The maximum absolute atomic E-state index is 13.1. The summed E-state index contributed by atoms with van der Waals surface area (Å²) in [6.45, 7) is 14.3. The van der Waals surface area contributed by atoms with Gasteiger partial charge in [0.1, 0.15) is 19.3 Å². The van der Waals surface area contributed by atoms with Crippen molar-refractivity contribution in [1.82, 2.24) is 0 Å². The number of carbonyl (C=O) groups is 4. The molecule has 588 valence electrons. The van der Waals surface area contributed by atoms with Gasteiger partial charge in [0.15, 0.2) is 12.2 Å². The van der Waals surface area contributed by atoms with Crippen molar-refractivity contribution in [2.24, 2.45) is 23.7 Å². The van der Waals surface area contributed by atoms with Crippen molar-refractivity contribution in [3.8, 4) is 0 Å². The third kappa shape index (κ3) is 74.1. The molecule has 0 spiro atoms. The van der Waals surface area contributed by atoms with E-state index in [1.54, 1.807) is 0 Å². The number of carbonyl (C=O) groups excluding carboxylic acids is 4. The number of aliphatic hydroxyl groups is 1. The van der Waals surface area contributed by atoms with Crippen molar-refractivity contribution in [3.63, 3.8) is 0 Å². The summed E-state index contributed by atoms with van der Waals surface area (Å²) in [6, 6.07) is 0. The molecule has 3 N–H and O–H groups in total. The Hall–Kier alpha value is -1.94. The van der Waals surface area contributed by atoms with Crippen LogP contribution in [0.5, 0.6) is 0 Å². The highest BCUT2D eigenvalue weighted by molar-refractivity contribution is 7.47. The van der Waals surface area contributed by atoms with Crippen LogP contribution in [0.4, 0.5) is 0 Å². The van der Waals surface area contributed by atoms with Gasteiger partial charge >= 0.3 is 39.5 Å². The van der Waals surface area contributed by atoms with Crippen molar-refractivity contribution < 1.29 is 80.2 Å². The largest absolute Gasteiger partial charge is 0.472 e. The molecule has 2 unspecified atom stereocenters. The lowest BCUT2D eigenvalue weighted by molar-refractivity contribution is -0.161. The lowest BCUT2D eigenvalue weighted by Gasteiger charge is -2.21. The van der Waals surface area contributed by atoms with Gasteiger partial charge in [-0.05, 0) is 49.4 Å². The molecule has 0 saturated carbocycles. The molecular formula is C80H156O17P2. The molecular weight excluding hydrogens is 1290 g/mol.